The van der Waals surface area contributed by atoms with Crippen molar-refractivity contribution in [3.63, 3.8) is 0 Å². The topological polar surface area (TPSA) is 39.9 Å². The quantitative estimate of drug-likeness (QED) is 0.157. The van der Waals surface area contributed by atoms with Crippen LogP contribution in [0.5, 0.6) is 11.6 Å². The molecule has 0 saturated carbocycles. The predicted octanol–water partition coefficient (Wildman–Crippen LogP) is 6.22. The Morgan fingerprint density at radius 1 is 0.812 bits per heavy atom. The van der Waals surface area contributed by atoms with Gasteiger partial charge in [-0.15, -0.1) is 22.4 Å². The summed E-state index contributed by atoms with van der Waals surface area (Å²) >= 11 is 5.41. The molecule has 0 radical (unpaired) electrons. The Labute approximate surface area is 203 Å². The van der Waals surface area contributed by atoms with Crippen LogP contribution in [0, 0.1) is 6.07 Å². The van der Waals surface area contributed by atoms with Crippen LogP contribution < -0.4 is 4.74 Å². The van der Waals surface area contributed by atoms with E-state index < -0.39 is 0 Å². The van der Waals surface area contributed by atoms with Crippen molar-refractivity contribution in [3.8, 4) is 17.4 Å². The molecule has 4 nitrogen and oxygen atoms in total. The van der Waals surface area contributed by atoms with E-state index in [9.17, 15) is 0 Å². The van der Waals surface area contributed by atoms with Crippen molar-refractivity contribution in [1.82, 2.24) is 14.5 Å². The number of hydrogen-bond donors (Lipinski definition) is 0. The molecule has 0 aliphatic heterocycles. The zero-order valence-electron chi connectivity index (χ0n) is 16.6. The molecule has 0 atom stereocenters. The van der Waals surface area contributed by atoms with Crippen LogP contribution in [0.1, 0.15) is 0 Å². The molecule has 0 aliphatic carbocycles. The summed E-state index contributed by atoms with van der Waals surface area (Å²) < 4.78 is 8.19. The van der Waals surface area contributed by atoms with Crippen molar-refractivity contribution in [2.24, 2.45) is 0 Å². The molecule has 0 saturated heterocycles. The van der Waals surface area contributed by atoms with Gasteiger partial charge in [0.2, 0.25) is 5.88 Å². The third-order valence-corrected chi connectivity index (χ3v) is 5.64. The molecule has 3 heterocycles. The first-order chi connectivity index (χ1) is 15.3. The zero-order valence-corrected chi connectivity index (χ0v) is 19.0. The van der Waals surface area contributed by atoms with E-state index in [1.54, 1.807) is 6.20 Å². The fraction of sp³-hybridized carbons (Fsp3) is 0. The Hall–Kier alpha value is -3.30. The minimum absolute atomic E-state index is 0. The van der Waals surface area contributed by atoms with E-state index in [1.807, 2.05) is 66.7 Å². The largest absolute Gasteiger partial charge is 2.00 e. The average molecular weight is 524 g/mol. The third-order valence-electron chi connectivity index (χ3n) is 5.31. The Bertz CT molecular complexity index is 1580. The molecule has 6 aromatic rings. The Balaban J connectivity index is 0.00000216. The number of aromatic nitrogens is 3. The minimum atomic E-state index is 0. The van der Waals surface area contributed by atoms with E-state index in [1.165, 1.54) is 0 Å². The van der Waals surface area contributed by atoms with Crippen molar-refractivity contribution in [3.05, 3.63) is 97.2 Å². The molecule has 156 valence electrons. The predicted molar refractivity (Wildman–Crippen MR) is 125 cm³/mol. The molecule has 32 heavy (non-hydrogen) atoms. The number of nitrogens with zero attached hydrogens (tertiary/aromatic N) is 3. The summed E-state index contributed by atoms with van der Waals surface area (Å²) in [6, 6.07) is 31.2. The average Bonchev–Trinajstić information content (AvgIpc) is 3.14. The molecule has 0 aliphatic rings. The van der Waals surface area contributed by atoms with Gasteiger partial charge in [0, 0.05) is 23.5 Å². The summed E-state index contributed by atoms with van der Waals surface area (Å²) in [7, 11) is 0. The molecule has 6 rings (SSSR count). The van der Waals surface area contributed by atoms with Crippen LogP contribution in [0.25, 0.3) is 38.5 Å². The van der Waals surface area contributed by atoms with E-state index in [4.69, 9.17) is 17.4 Å². The van der Waals surface area contributed by atoms with Gasteiger partial charge in [-0.25, -0.2) is 9.97 Å². The van der Waals surface area contributed by atoms with E-state index in [2.05, 4.69) is 38.8 Å². The standard InChI is InChI=1S/C26H16N3OS.Pd/c31-23-9-5-6-17-11-14-25(28-26(17)23)30-18-12-13-20-19-7-1-2-8-21(19)29(22(20)16-18)24-10-3-4-15-27-24;/h1-15,31H;/q-1;+2/p-1. The smallest absolute Gasteiger partial charge is 0.778 e. The molecule has 3 aromatic carbocycles. The van der Waals surface area contributed by atoms with Crippen LogP contribution in [0.3, 0.4) is 0 Å². The number of pyridine rings is 2. The number of ether oxygens (including phenoxy) is 1. The molecule has 0 N–H and O–H groups in total. The SMILES string of the molecule is [Pd+2].[S-]c1cccc2ccc(Oc3[c-]c4c(cc3)c3ccccc3n4-c3ccccn3)nc12. The second-order valence-corrected chi connectivity index (χ2v) is 7.64. The summed E-state index contributed by atoms with van der Waals surface area (Å²) in [5, 5.41) is 3.23. The summed E-state index contributed by atoms with van der Waals surface area (Å²) in [5.41, 5.74) is 2.74. The van der Waals surface area contributed by atoms with Gasteiger partial charge in [0.1, 0.15) is 5.82 Å². The number of para-hydroxylation sites is 2. The van der Waals surface area contributed by atoms with Crippen molar-refractivity contribution in [1.29, 1.82) is 0 Å². The van der Waals surface area contributed by atoms with Gasteiger partial charge in [-0.05, 0) is 35.0 Å². The first kappa shape index (κ1) is 20.6. The number of benzene rings is 3. The first-order valence-electron chi connectivity index (χ1n) is 9.89. The molecule has 0 unspecified atom stereocenters. The third kappa shape index (κ3) is 3.43. The van der Waals surface area contributed by atoms with E-state index >= 15 is 0 Å². The molecule has 6 heteroatoms. The Kier molecular flexibility index (Phi) is 5.36. The van der Waals surface area contributed by atoms with Gasteiger partial charge in [-0.1, -0.05) is 48.0 Å². The fourth-order valence-corrected chi connectivity index (χ4v) is 4.17. The number of rotatable bonds is 3. The maximum absolute atomic E-state index is 6.09. The van der Waals surface area contributed by atoms with Gasteiger partial charge in [0.25, 0.3) is 0 Å². The van der Waals surface area contributed by atoms with Crippen LogP contribution in [0.4, 0.5) is 0 Å². The van der Waals surface area contributed by atoms with Gasteiger partial charge in [0.15, 0.2) is 0 Å². The second kappa shape index (κ2) is 8.33. The summed E-state index contributed by atoms with van der Waals surface area (Å²) in [6.45, 7) is 0. The summed E-state index contributed by atoms with van der Waals surface area (Å²) in [4.78, 5) is 9.87. The van der Waals surface area contributed by atoms with Gasteiger partial charge >= 0.3 is 20.4 Å². The van der Waals surface area contributed by atoms with Gasteiger partial charge in [-0.2, -0.15) is 6.07 Å². The Morgan fingerprint density at radius 2 is 1.69 bits per heavy atom. The summed E-state index contributed by atoms with van der Waals surface area (Å²) in [6.07, 6.45) is 1.79. The van der Waals surface area contributed by atoms with E-state index in [0.29, 0.717) is 16.5 Å². The summed E-state index contributed by atoms with van der Waals surface area (Å²) in [5.74, 6) is 1.91. The van der Waals surface area contributed by atoms with Crippen molar-refractivity contribution in [2.75, 3.05) is 0 Å². The molecule has 0 spiro atoms. The molecule has 0 bridgehead atoms. The van der Waals surface area contributed by atoms with Crippen molar-refractivity contribution < 1.29 is 25.2 Å². The fourth-order valence-electron chi connectivity index (χ4n) is 3.93. The van der Waals surface area contributed by atoms with Gasteiger partial charge in [-0.3, -0.25) is 0 Å². The van der Waals surface area contributed by atoms with Crippen LogP contribution in [-0.2, 0) is 33.1 Å². The molecule has 0 fully saturated rings. The van der Waals surface area contributed by atoms with Gasteiger partial charge in [0.05, 0.1) is 5.52 Å². The first-order valence-corrected chi connectivity index (χ1v) is 10.3. The maximum Gasteiger partial charge on any atom is 2.00 e. The van der Waals surface area contributed by atoms with Crippen LogP contribution in [0.15, 0.2) is 96.0 Å². The Morgan fingerprint density at radius 3 is 2.56 bits per heavy atom. The van der Waals surface area contributed by atoms with Crippen LogP contribution in [-0.4, -0.2) is 14.5 Å². The minimum Gasteiger partial charge on any atom is -0.778 e. The maximum atomic E-state index is 6.09. The van der Waals surface area contributed by atoms with Gasteiger partial charge < -0.3 is 21.9 Å². The van der Waals surface area contributed by atoms with Crippen LogP contribution >= 0.6 is 0 Å². The second-order valence-electron chi connectivity index (χ2n) is 7.20. The molecule has 0 amide bonds. The zero-order chi connectivity index (χ0) is 20.8. The number of hydrogen-bond acceptors (Lipinski definition) is 4. The molecular weight excluding hydrogens is 509 g/mol. The van der Waals surface area contributed by atoms with E-state index in [0.717, 1.165) is 38.5 Å². The molecular formula is C26H15N3OPdS. The van der Waals surface area contributed by atoms with Crippen LogP contribution in [0.2, 0.25) is 0 Å². The normalized spacial score (nSPS) is 11.0. The van der Waals surface area contributed by atoms with E-state index in [-0.39, 0.29) is 20.4 Å². The molecule has 3 aromatic heterocycles. The van der Waals surface area contributed by atoms with Crippen molar-refractivity contribution >= 4 is 45.3 Å². The number of fused-ring (bicyclic) bond motifs is 4. The van der Waals surface area contributed by atoms with Crippen molar-refractivity contribution in [2.45, 2.75) is 4.90 Å². The monoisotopic (exact) mass is 523 g/mol.